The van der Waals surface area contributed by atoms with E-state index < -0.39 is 11.9 Å². The predicted octanol–water partition coefficient (Wildman–Crippen LogP) is 6.47. The largest absolute Gasteiger partial charge is 0.487 e. The number of nitrogens with zero attached hydrogens (tertiary/aromatic N) is 1. The number of anilines is 1. The summed E-state index contributed by atoms with van der Waals surface area (Å²) >= 11 is 18.1. The van der Waals surface area contributed by atoms with Crippen LogP contribution in [-0.4, -0.2) is 17.0 Å². The van der Waals surface area contributed by atoms with Crippen molar-refractivity contribution in [1.29, 1.82) is 5.26 Å². The molecule has 166 valence electrons. The second kappa shape index (κ2) is 10.9. The lowest BCUT2D eigenvalue weighted by Crippen LogP contribution is -2.13. The minimum Gasteiger partial charge on any atom is -0.487 e. The van der Waals surface area contributed by atoms with Gasteiger partial charge in [0.1, 0.15) is 24.0 Å². The number of hydrogen-bond acceptors (Lipinski definition) is 4. The molecule has 0 spiro atoms. The van der Waals surface area contributed by atoms with Crippen LogP contribution in [0.3, 0.4) is 0 Å². The standard InChI is InChI=1S/C24H15Cl3N2O4/c25-19-7-6-18(11-20(19)26)29-23(30)17(12-28)9-15-3-8-22(21(27)10-15)33-13-14-1-4-16(5-2-14)24(31)32/h1-11H,13H2,(H,29,30)(H,31,32)/b17-9+. The van der Waals surface area contributed by atoms with Gasteiger partial charge in [0.15, 0.2) is 0 Å². The first kappa shape index (κ1) is 24.1. The third kappa shape index (κ3) is 6.50. The molecule has 0 bridgehead atoms. The highest BCUT2D eigenvalue weighted by Gasteiger charge is 2.12. The second-order valence-electron chi connectivity index (χ2n) is 6.73. The minimum atomic E-state index is -1.00. The van der Waals surface area contributed by atoms with Crippen LogP contribution in [0.2, 0.25) is 15.1 Å². The Morgan fingerprint density at radius 1 is 0.970 bits per heavy atom. The maximum absolute atomic E-state index is 12.4. The number of nitrogens with one attached hydrogen (secondary N) is 1. The first-order valence-corrected chi connectivity index (χ1v) is 10.5. The summed E-state index contributed by atoms with van der Waals surface area (Å²) in [5, 5.41) is 21.8. The zero-order valence-electron chi connectivity index (χ0n) is 16.8. The highest BCUT2D eigenvalue weighted by atomic mass is 35.5. The smallest absolute Gasteiger partial charge is 0.335 e. The van der Waals surface area contributed by atoms with Gasteiger partial charge >= 0.3 is 5.97 Å². The molecule has 6 nitrogen and oxygen atoms in total. The fourth-order valence-corrected chi connectivity index (χ4v) is 3.26. The van der Waals surface area contributed by atoms with E-state index in [0.717, 1.165) is 5.56 Å². The molecule has 2 N–H and O–H groups in total. The summed E-state index contributed by atoms with van der Waals surface area (Å²) < 4.78 is 5.69. The molecule has 9 heteroatoms. The Balaban J connectivity index is 1.69. The Morgan fingerprint density at radius 2 is 1.70 bits per heavy atom. The summed E-state index contributed by atoms with van der Waals surface area (Å²) in [6, 6.07) is 17.6. The quantitative estimate of drug-likeness (QED) is 0.285. The molecule has 1 amide bonds. The maximum Gasteiger partial charge on any atom is 0.335 e. The summed E-state index contributed by atoms with van der Waals surface area (Å²) in [5.74, 6) is -1.22. The molecule has 0 aromatic heterocycles. The highest BCUT2D eigenvalue weighted by Crippen LogP contribution is 2.28. The van der Waals surface area contributed by atoms with Gasteiger partial charge in [-0.3, -0.25) is 4.79 Å². The predicted molar refractivity (Wildman–Crippen MR) is 128 cm³/mol. The summed E-state index contributed by atoms with van der Waals surface area (Å²) in [4.78, 5) is 23.4. The Bertz CT molecular complexity index is 1280. The van der Waals surface area contributed by atoms with Crippen LogP contribution >= 0.6 is 34.8 Å². The number of nitriles is 1. The topological polar surface area (TPSA) is 99.4 Å². The van der Waals surface area contributed by atoms with Crippen molar-refractivity contribution in [2.24, 2.45) is 0 Å². The van der Waals surface area contributed by atoms with Crippen LogP contribution in [0.5, 0.6) is 5.75 Å². The number of rotatable bonds is 7. The maximum atomic E-state index is 12.4. The minimum absolute atomic E-state index is 0.135. The molecule has 33 heavy (non-hydrogen) atoms. The summed E-state index contributed by atoms with van der Waals surface area (Å²) in [6.45, 7) is 0.185. The van der Waals surface area contributed by atoms with E-state index in [1.807, 2.05) is 6.07 Å². The molecule has 0 heterocycles. The number of aromatic carboxylic acids is 1. The lowest BCUT2D eigenvalue weighted by Gasteiger charge is -2.09. The van der Waals surface area contributed by atoms with E-state index in [4.69, 9.17) is 44.6 Å². The van der Waals surface area contributed by atoms with Crippen LogP contribution in [0.25, 0.3) is 6.08 Å². The molecule has 3 rings (SSSR count). The number of carbonyl (C=O) groups is 2. The number of amides is 1. The van der Waals surface area contributed by atoms with Gasteiger partial charge < -0.3 is 15.2 Å². The lowest BCUT2D eigenvalue weighted by atomic mass is 10.1. The van der Waals surface area contributed by atoms with Crippen molar-refractivity contribution in [3.63, 3.8) is 0 Å². The number of carboxylic acid groups (broad SMARTS) is 1. The van der Waals surface area contributed by atoms with Gasteiger partial charge in [0.25, 0.3) is 5.91 Å². The third-order valence-electron chi connectivity index (χ3n) is 4.40. The molecule has 0 aliphatic carbocycles. The Kier molecular flexibility index (Phi) is 7.96. The van der Waals surface area contributed by atoms with E-state index in [1.165, 1.54) is 30.3 Å². The van der Waals surface area contributed by atoms with Gasteiger partial charge in [0.2, 0.25) is 0 Å². The van der Waals surface area contributed by atoms with Crippen molar-refractivity contribution in [1.82, 2.24) is 0 Å². The summed E-state index contributed by atoms with van der Waals surface area (Å²) in [6.07, 6.45) is 1.40. The number of halogens is 3. The first-order valence-electron chi connectivity index (χ1n) is 9.39. The Hall–Kier alpha value is -3.50. The van der Waals surface area contributed by atoms with E-state index in [0.29, 0.717) is 22.0 Å². The second-order valence-corrected chi connectivity index (χ2v) is 7.96. The van der Waals surface area contributed by atoms with Crippen LogP contribution in [0.1, 0.15) is 21.5 Å². The van der Waals surface area contributed by atoms with Crippen molar-refractivity contribution in [2.45, 2.75) is 6.61 Å². The van der Waals surface area contributed by atoms with Gasteiger partial charge in [-0.2, -0.15) is 5.26 Å². The van der Waals surface area contributed by atoms with Gasteiger partial charge in [-0.15, -0.1) is 0 Å². The first-order chi connectivity index (χ1) is 15.8. The Morgan fingerprint density at radius 3 is 2.30 bits per heavy atom. The van der Waals surface area contributed by atoms with Gasteiger partial charge in [0, 0.05) is 5.69 Å². The van der Waals surface area contributed by atoms with Crippen LogP contribution in [-0.2, 0) is 11.4 Å². The van der Waals surface area contributed by atoms with Gasteiger partial charge in [-0.05, 0) is 59.7 Å². The van der Waals surface area contributed by atoms with Gasteiger partial charge in [0.05, 0.1) is 20.6 Å². The van der Waals surface area contributed by atoms with E-state index in [2.05, 4.69) is 5.32 Å². The third-order valence-corrected chi connectivity index (χ3v) is 5.44. The molecule has 0 aliphatic heterocycles. The molecule has 3 aromatic rings. The molecule has 0 saturated carbocycles. The van der Waals surface area contributed by atoms with Crippen molar-refractivity contribution in [3.8, 4) is 11.8 Å². The Labute approximate surface area is 204 Å². The number of carbonyl (C=O) groups excluding carboxylic acids is 1. The van der Waals surface area contributed by atoms with Gasteiger partial charge in [-0.25, -0.2) is 4.79 Å². The molecule has 0 atom stereocenters. The molecular weight excluding hydrogens is 487 g/mol. The molecular formula is C24H15Cl3N2O4. The van der Waals surface area contributed by atoms with Crippen molar-refractivity contribution < 1.29 is 19.4 Å². The number of ether oxygens (including phenoxy) is 1. The number of benzene rings is 3. The van der Waals surface area contributed by atoms with Crippen molar-refractivity contribution in [2.75, 3.05) is 5.32 Å². The fraction of sp³-hybridized carbons (Fsp3) is 0.0417. The van der Waals surface area contributed by atoms with Crippen molar-refractivity contribution >= 4 is 58.4 Å². The monoisotopic (exact) mass is 500 g/mol. The van der Waals surface area contributed by atoms with Crippen molar-refractivity contribution in [3.05, 3.63) is 98.0 Å². The van der Waals surface area contributed by atoms with E-state index >= 15 is 0 Å². The van der Waals surface area contributed by atoms with Crippen LogP contribution < -0.4 is 10.1 Å². The number of hydrogen-bond donors (Lipinski definition) is 2. The highest BCUT2D eigenvalue weighted by molar-refractivity contribution is 6.42. The molecule has 0 fully saturated rings. The molecule has 3 aromatic carbocycles. The zero-order valence-corrected chi connectivity index (χ0v) is 19.1. The SMILES string of the molecule is N#C/C(=C\c1ccc(OCc2ccc(C(=O)O)cc2)c(Cl)c1)C(=O)Nc1ccc(Cl)c(Cl)c1. The average molecular weight is 502 g/mol. The average Bonchev–Trinajstić information content (AvgIpc) is 2.79. The zero-order chi connectivity index (χ0) is 24.0. The van der Waals surface area contributed by atoms with E-state index in [9.17, 15) is 14.9 Å². The summed E-state index contributed by atoms with van der Waals surface area (Å²) in [7, 11) is 0. The molecule has 0 saturated heterocycles. The van der Waals surface area contributed by atoms with Crippen LogP contribution in [0, 0.1) is 11.3 Å². The summed E-state index contributed by atoms with van der Waals surface area (Å²) in [5.41, 5.74) is 1.74. The molecule has 0 radical (unpaired) electrons. The van der Waals surface area contributed by atoms with E-state index in [-0.39, 0.29) is 27.8 Å². The van der Waals surface area contributed by atoms with Gasteiger partial charge in [-0.1, -0.05) is 53.0 Å². The molecule has 0 aliphatic rings. The normalized spacial score (nSPS) is 10.9. The fourth-order valence-electron chi connectivity index (χ4n) is 2.72. The van der Waals surface area contributed by atoms with Crippen LogP contribution in [0.15, 0.2) is 66.2 Å². The number of carboxylic acids is 1. The van der Waals surface area contributed by atoms with Crippen LogP contribution in [0.4, 0.5) is 5.69 Å². The molecule has 0 unspecified atom stereocenters. The lowest BCUT2D eigenvalue weighted by molar-refractivity contribution is -0.112. The van der Waals surface area contributed by atoms with E-state index in [1.54, 1.807) is 36.4 Å².